The summed E-state index contributed by atoms with van der Waals surface area (Å²) in [6.45, 7) is 4.95. The van der Waals surface area contributed by atoms with Gasteiger partial charge in [-0.1, -0.05) is 0 Å². The maximum absolute atomic E-state index is 5.35. The molecule has 1 aromatic heterocycles. The lowest BCUT2D eigenvalue weighted by Gasteiger charge is -2.27. The van der Waals surface area contributed by atoms with Gasteiger partial charge in [0, 0.05) is 12.3 Å². The average molecular weight is 192 g/mol. The van der Waals surface area contributed by atoms with E-state index in [-0.39, 0.29) is 0 Å². The highest BCUT2D eigenvalue weighted by molar-refractivity contribution is 5.21. The fraction of sp³-hybridized carbons (Fsp3) is 0.545. The lowest BCUT2D eigenvalue weighted by Crippen LogP contribution is -2.43. The number of rotatable bonds is 4. The maximum atomic E-state index is 5.35. The first-order valence-electron chi connectivity index (χ1n) is 5.17. The summed E-state index contributed by atoms with van der Waals surface area (Å²) in [5.41, 5.74) is 1.33. The number of nitrogens with one attached hydrogen (secondary N) is 1. The van der Waals surface area contributed by atoms with Crippen molar-refractivity contribution in [1.82, 2.24) is 10.3 Å². The van der Waals surface area contributed by atoms with E-state index in [1.54, 1.807) is 0 Å². The van der Waals surface area contributed by atoms with Crippen LogP contribution in [0.5, 0.6) is 5.88 Å². The Bertz CT molecular complexity index is 297. The van der Waals surface area contributed by atoms with Crippen LogP contribution < -0.4 is 10.1 Å². The summed E-state index contributed by atoms with van der Waals surface area (Å²) < 4.78 is 5.35. The van der Waals surface area contributed by atoms with Crippen LogP contribution in [0.15, 0.2) is 18.3 Å². The van der Waals surface area contributed by atoms with Crippen molar-refractivity contribution in [1.29, 1.82) is 0 Å². The van der Waals surface area contributed by atoms with Gasteiger partial charge in [-0.25, -0.2) is 4.98 Å². The van der Waals surface area contributed by atoms with Crippen LogP contribution in [-0.2, 0) is 6.42 Å². The molecule has 0 unspecified atom stereocenters. The fourth-order valence-electron chi connectivity index (χ4n) is 1.63. The summed E-state index contributed by atoms with van der Waals surface area (Å²) in [5.74, 6) is 1.55. The van der Waals surface area contributed by atoms with Gasteiger partial charge in [-0.05, 0) is 44.0 Å². The molecule has 0 radical (unpaired) electrons. The second-order valence-corrected chi connectivity index (χ2v) is 3.66. The molecule has 0 spiro atoms. The van der Waals surface area contributed by atoms with Crippen LogP contribution in [0.25, 0.3) is 0 Å². The van der Waals surface area contributed by atoms with Crippen molar-refractivity contribution in [3.63, 3.8) is 0 Å². The van der Waals surface area contributed by atoms with Crippen molar-refractivity contribution in [2.45, 2.75) is 13.3 Å². The molecule has 0 saturated carbocycles. The Hall–Kier alpha value is -1.09. The van der Waals surface area contributed by atoms with E-state index in [1.165, 1.54) is 5.56 Å². The zero-order valence-electron chi connectivity index (χ0n) is 8.49. The average Bonchev–Trinajstić information content (AvgIpc) is 2.13. The summed E-state index contributed by atoms with van der Waals surface area (Å²) in [5, 5.41) is 3.27. The molecule has 1 aromatic rings. The zero-order chi connectivity index (χ0) is 9.80. The number of aromatic nitrogens is 1. The Labute approximate surface area is 84.5 Å². The Morgan fingerprint density at radius 3 is 3.07 bits per heavy atom. The number of ether oxygens (including phenoxy) is 1. The number of pyridine rings is 1. The first-order chi connectivity index (χ1) is 6.88. The number of hydrogen-bond donors (Lipinski definition) is 1. The highest BCUT2D eigenvalue weighted by Crippen LogP contribution is 2.15. The Morgan fingerprint density at radius 1 is 1.57 bits per heavy atom. The molecule has 2 rings (SSSR count). The molecule has 1 N–H and O–H groups in total. The summed E-state index contributed by atoms with van der Waals surface area (Å²) in [7, 11) is 0. The van der Waals surface area contributed by atoms with Crippen molar-refractivity contribution in [2.24, 2.45) is 5.92 Å². The molecular weight excluding hydrogens is 176 g/mol. The van der Waals surface area contributed by atoms with Gasteiger partial charge in [0.05, 0.1) is 6.61 Å². The van der Waals surface area contributed by atoms with Gasteiger partial charge in [-0.15, -0.1) is 0 Å². The van der Waals surface area contributed by atoms with Crippen molar-refractivity contribution < 1.29 is 4.74 Å². The fourth-order valence-corrected chi connectivity index (χ4v) is 1.63. The molecule has 0 aromatic carbocycles. The summed E-state index contributed by atoms with van der Waals surface area (Å²) in [4.78, 5) is 4.14. The zero-order valence-corrected chi connectivity index (χ0v) is 8.49. The molecule has 3 nitrogen and oxygen atoms in total. The van der Waals surface area contributed by atoms with Gasteiger partial charge in [0.1, 0.15) is 0 Å². The normalized spacial score (nSPS) is 16.4. The molecular formula is C11H16N2O. The Balaban J connectivity index is 1.97. The van der Waals surface area contributed by atoms with Crippen molar-refractivity contribution in [3.05, 3.63) is 23.9 Å². The third-order valence-electron chi connectivity index (χ3n) is 2.48. The summed E-state index contributed by atoms with van der Waals surface area (Å²) in [6, 6.07) is 4.11. The standard InChI is InChI=1S/C11H16N2O/c1-2-14-11-6-9(3-4-13-11)5-10-7-12-8-10/h3-4,6,10,12H,2,5,7-8H2,1H3. The molecule has 1 aliphatic rings. The smallest absolute Gasteiger partial charge is 0.213 e. The van der Waals surface area contributed by atoms with E-state index in [0.717, 1.165) is 31.3 Å². The molecule has 0 atom stereocenters. The van der Waals surface area contributed by atoms with Gasteiger partial charge in [-0.3, -0.25) is 0 Å². The number of hydrogen-bond acceptors (Lipinski definition) is 3. The summed E-state index contributed by atoms with van der Waals surface area (Å²) in [6.07, 6.45) is 2.96. The summed E-state index contributed by atoms with van der Waals surface area (Å²) >= 11 is 0. The minimum Gasteiger partial charge on any atom is -0.478 e. The van der Waals surface area contributed by atoms with Crippen LogP contribution in [-0.4, -0.2) is 24.7 Å². The molecule has 0 aliphatic carbocycles. The van der Waals surface area contributed by atoms with E-state index in [1.807, 2.05) is 19.2 Å². The highest BCUT2D eigenvalue weighted by Gasteiger charge is 2.16. The van der Waals surface area contributed by atoms with Crippen molar-refractivity contribution >= 4 is 0 Å². The van der Waals surface area contributed by atoms with Gasteiger partial charge >= 0.3 is 0 Å². The van der Waals surface area contributed by atoms with Crippen LogP contribution in [0.4, 0.5) is 0 Å². The van der Waals surface area contributed by atoms with Gasteiger partial charge < -0.3 is 10.1 Å². The highest BCUT2D eigenvalue weighted by atomic mass is 16.5. The molecule has 0 bridgehead atoms. The lowest BCUT2D eigenvalue weighted by molar-refractivity contribution is 0.323. The molecule has 2 heterocycles. The Kier molecular flexibility index (Phi) is 2.99. The SMILES string of the molecule is CCOc1cc(CC2CNC2)ccn1. The third kappa shape index (κ3) is 2.23. The minimum atomic E-state index is 0.682. The van der Waals surface area contributed by atoms with E-state index in [9.17, 15) is 0 Å². The maximum Gasteiger partial charge on any atom is 0.213 e. The topological polar surface area (TPSA) is 34.1 Å². The number of nitrogens with zero attached hydrogens (tertiary/aromatic N) is 1. The van der Waals surface area contributed by atoms with Crippen LogP contribution >= 0.6 is 0 Å². The van der Waals surface area contributed by atoms with Gasteiger partial charge in [0.15, 0.2) is 0 Å². The van der Waals surface area contributed by atoms with E-state index in [0.29, 0.717) is 6.61 Å². The van der Waals surface area contributed by atoms with Crippen molar-refractivity contribution in [3.8, 4) is 5.88 Å². The van der Waals surface area contributed by atoms with Crippen LogP contribution in [0, 0.1) is 5.92 Å². The third-order valence-corrected chi connectivity index (χ3v) is 2.48. The largest absolute Gasteiger partial charge is 0.478 e. The molecule has 1 aliphatic heterocycles. The van der Waals surface area contributed by atoms with E-state index >= 15 is 0 Å². The quantitative estimate of drug-likeness (QED) is 0.779. The molecule has 76 valence electrons. The van der Waals surface area contributed by atoms with Gasteiger partial charge in [0.25, 0.3) is 0 Å². The second-order valence-electron chi connectivity index (χ2n) is 3.66. The first kappa shape index (κ1) is 9.46. The van der Waals surface area contributed by atoms with Crippen LogP contribution in [0.3, 0.4) is 0 Å². The van der Waals surface area contributed by atoms with Crippen molar-refractivity contribution in [2.75, 3.05) is 19.7 Å². The minimum absolute atomic E-state index is 0.682. The molecule has 1 saturated heterocycles. The lowest BCUT2D eigenvalue weighted by atomic mass is 9.95. The van der Waals surface area contributed by atoms with Gasteiger partial charge in [0.2, 0.25) is 5.88 Å². The molecule has 14 heavy (non-hydrogen) atoms. The second kappa shape index (κ2) is 4.42. The molecule has 3 heteroatoms. The van der Waals surface area contributed by atoms with Gasteiger partial charge in [-0.2, -0.15) is 0 Å². The molecule has 0 amide bonds. The predicted octanol–water partition coefficient (Wildman–Crippen LogP) is 1.24. The van der Waals surface area contributed by atoms with E-state index < -0.39 is 0 Å². The predicted molar refractivity (Wildman–Crippen MR) is 55.5 cm³/mol. The van der Waals surface area contributed by atoms with Crippen LogP contribution in [0.1, 0.15) is 12.5 Å². The molecule has 1 fully saturated rings. The van der Waals surface area contributed by atoms with E-state index in [2.05, 4.69) is 16.4 Å². The monoisotopic (exact) mass is 192 g/mol. The van der Waals surface area contributed by atoms with Crippen LogP contribution in [0.2, 0.25) is 0 Å². The first-order valence-corrected chi connectivity index (χ1v) is 5.17. The Morgan fingerprint density at radius 2 is 2.43 bits per heavy atom. The van der Waals surface area contributed by atoms with E-state index in [4.69, 9.17) is 4.74 Å².